The lowest BCUT2D eigenvalue weighted by molar-refractivity contribution is 0.204. The topological polar surface area (TPSA) is 35.2 Å². The van der Waals surface area contributed by atoms with E-state index in [1.165, 1.54) is 5.56 Å². The third kappa shape index (κ3) is 2.11. The van der Waals surface area contributed by atoms with Gasteiger partial charge in [0.25, 0.3) is 0 Å². The molecule has 2 atom stereocenters. The Morgan fingerprint density at radius 3 is 2.93 bits per heavy atom. The lowest BCUT2D eigenvalue weighted by Gasteiger charge is -2.28. The molecule has 2 N–H and O–H groups in total. The summed E-state index contributed by atoms with van der Waals surface area (Å²) >= 11 is 6.09. The first-order valence-electron chi connectivity index (χ1n) is 5.25. The van der Waals surface area contributed by atoms with Crippen LogP contribution in [-0.2, 0) is 6.42 Å². The van der Waals surface area contributed by atoms with E-state index in [1.807, 2.05) is 26.0 Å². The van der Waals surface area contributed by atoms with Crippen molar-refractivity contribution >= 4 is 11.6 Å². The molecule has 1 unspecified atom stereocenters. The molecule has 0 amide bonds. The smallest absolute Gasteiger partial charge is 0.122 e. The number of hydrogen-bond acceptors (Lipinski definition) is 2. The van der Waals surface area contributed by atoms with E-state index in [0.717, 1.165) is 22.8 Å². The molecule has 2 nitrogen and oxygen atoms in total. The van der Waals surface area contributed by atoms with Gasteiger partial charge in [0.15, 0.2) is 0 Å². The second kappa shape index (κ2) is 4.03. The molecule has 2 rings (SSSR count). The number of nitrogens with two attached hydrogens (primary N) is 1. The second-order valence-electron chi connectivity index (χ2n) is 4.34. The lowest BCUT2D eigenvalue weighted by Crippen LogP contribution is -2.35. The molecule has 0 bridgehead atoms. The lowest BCUT2D eigenvalue weighted by atomic mass is 9.91. The Bertz CT molecular complexity index is 376. The van der Waals surface area contributed by atoms with Crippen LogP contribution in [0.15, 0.2) is 12.1 Å². The Morgan fingerprint density at radius 2 is 2.27 bits per heavy atom. The van der Waals surface area contributed by atoms with Crippen LogP contribution in [0.4, 0.5) is 0 Å². The van der Waals surface area contributed by atoms with E-state index < -0.39 is 0 Å². The minimum Gasteiger partial charge on any atom is -0.493 e. The third-order valence-corrected chi connectivity index (χ3v) is 3.43. The number of aryl methyl sites for hydroxylation is 1. The van der Waals surface area contributed by atoms with Crippen molar-refractivity contribution in [1.29, 1.82) is 0 Å². The van der Waals surface area contributed by atoms with Crippen molar-refractivity contribution in [3.63, 3.8) is 0 Å². The van der Waals surface area contributed by atoms with Crippen LogP contribution in [0.2, 0.25) is 5.02 Å². The fourth-order valence-corrected chi connectivity index (χ4v) is 2.05. The molecule has 1 heterocycles. The van der Waals surface area contributed by atoms with Gasteiger partial charge in [0.05, 0.1) is 6.61 Å². The predicted molar refractivity (Wildman–Crippen MR) is 62.5 cm³/mol. The zero-order valence-electron chi connectivity index (χ0n) is 9.09. The predicted octanol–water partition coefficient (Wildman–Crippen LogP) is 2.55. The van der Waals surface area contributed by atoms with Crippen LogP contribution >= 0.6 is 11.6 Å². The van der Waals surface area contributed by atoms with Crippen LogP contribution in [0.5, 0.6) is 5.75 Å². The molecule has 3 heteroatoms. The monoisotopic (exact) mass is 225 g/mol. The largest absolute Gasteiger partial charge is 0.493 e. The maximum Gasteiger partial charge on any atom is 0.122 e. The first kappa shape index (κ1) is 10.8. The fraction of sp³-hybridized carbons (Fsp3) is 0.500. The summed E-state index contributed by atoms with van der Waals surface area (Å²) in [7, 11) is 0. The van der Waals surface area contributed by atoms with Crippen LogP contribution in [0.3, 0.4) is 0 Å². The second-order valence-corrected chi connectivity index (χ2v) is 4.75. The molecular weight excluding hydrogens is 210 g/mol. The fourth-order valence-electron chi connectivity index (χ4n) is 1.87. The number of halogens is 1. The Balaban J connectivity index is 2.30. The van der Waals surface area contributed by atoms with Gasteiger partial charge in [-0.1, -0.05) is 11.6 Å². The van der Waals surface area contributed by atoms with E-state index >= 15 is 0 Å². The zero-order valence-corrected chi connectivity index (χ0v) is 9.84. The van der Waals surface area contributed by atoms with Crippen LogP contribution < -0.4 is 10.5 Å². The SMILES string of the molecule is Cc1cc2c(cc1Cl)CC([C@@H](C)N)CO2. The van der Waals surface area contributed by atoms with Gasteiger partial charge in [-0.25, -0.2) is 0 Å². The van der Waals surface area contributed by atoms with Crippen LogP contribution in [0.25, 0.3) is 0 Å². The molecule has 1 aromatic rings. The number of ether oxygens (including phenoxy) is 1. The van der Waals surface area contributed by atoms with Gasteiger partial charge in [-0.2, -0.15) is 0 Å². The van der Waals surface area contributed by atoms with Crippen molar-refractivity contribution in [1.82, 2.24) is 0 Å². The normalized spacial score (nSPS) is 21.7. The minimum absolute atomic E-state index is 0.165. The van der Waals surface area contributed by atoms with Gasteiger partial charge in [-0.3, -0.25) is 0 Å². The summed E-state index contributed by atoms with van der Waals surface area (Å²) in [4.78, 5) is 0. The minimum atomic E-state index is 0.165. The highest BCUT2D eigenvalue weighted by molar-refractivity contribution is 6.31. The number of hydrogen-bond donors (Lipinski definition) is 1. The summed E-state index contributed by atoms with van der Waals surface area (Å²) in [6.45, 7) is 4.73. The van der Waals surface area contributed by atoms with Gasteiger partial charge in [0.2, 0.25) is 0 Å². The Labute approximate surface area is 95.4 Å². The molecule has 0 aliphatic carbocycles. The highest BCUT2D eigenvalue weighted by Crippen LogP contribution is 2.32. The summed E-state index contributed by atoms with van der Waals surface area (Å²) in [5.41, 5.74) is 8.12. The van der Waals surface area contributed by atoms with E-state index in [2.05, 4.69) is 0 Å². The molecule has 0 saturated carbocycles. The van der Waals surface area contributed by atoms with Gasteiger partial charge in [0, 0.05) is 17.0 Å². The molecular formula is C12H16ClNO. The maximum atomic E-state index is 6.09. The standard InChI is InChI=1S/C12H16ClNO/c1-7-3-12-9(5-11(7)13)4-10(6-15-12)8(2)14/h3,5,8,10H,4,6,14H2,1-2H3/t8-,10?/m1/s1. The van der Waals surface area contributed by atoms with Crippen molar-refractivity contribution in [2.24, 2.45) is 11.7 Å². The summed E-state index contributed by atoms with van der Waals surface area (Å²) in [6.07, 6.45) is 0.965. The van der Waals surface area contributed by atoms with Gasteiger partial charge in [-0.05, 0) is 43.5 Å². The maximum absolute atomic E-state index is 6.09. The van der Waals surface area contributed by atoms with E-state index in [1.54, 1.807) is 0 Å². The van der Waals surface area contributed by atoms with E-state index in [-0.39, 0.29) is 6.04 Å². The van der Waals surface area contributed by atoms with E-state index in [0.29, 0.717) is 12.5 Å². The Kier molecular flexibility index (Phi) is 2.89. The van der Waals surface area contributed by atoms with Crippen molar-refractivity contribution in [2.45, 2.75) is 26.3 Å². The van der Waals surface area contributed by atoms with Crippen LogP contribution in [0, 0.1) is 12.8 Å². The average Bonchev–Trinajstić information content (AvgIpc) is 2.19. The van der Waals surface area contributed by atoms with Crippen LogP contribution in [0.1, 0.15) is 18.1 Å². The first-order valence-corrected chi connectivity index (χ1v) is 5.63. The van der Waals surface area contributed by atoms with Crippen molar-refractivity contribution < 1.29 is 4.74 Å². The summed E-state index contributed by atoms with van der Waals surface area (Å²) in [5.74, 6) is 1.37. The number of fused-ring (bicyclic) bond motifs is 1. The molecule has 0 saturated heterocycles. The van der Waals surface area contributed by atoms with E-state index in [4.69, 9.17) is 22.1 Å². The Hall–Kier alpha value is -0.730. The van der Waals surface area contributed by atoms with E-state index in [9.17, 15) is 0 Å². The molecule has 0 aromatic heterocycles. The molecule has 1 aromatic carbocycles. The molecule has 15 heavy (non-hydrogen) atoms. The Morgan fingerprint density at radius 1 is 1.53 bits per heavy atom. The van der Waals surface area contributed by atoms with Gasteiger partial charge >= 0.3 is 0 Å². The third-order valence-electron chi connectivity index (χ3n) is 3.02. The number of benzene rings is 1. The molecule has 82 valence electrons. The zero-order chi connectivity index (χ0) is 11.0. The highest BCUT2D eigenvalue weighted by Gasteiger charge is 2.23. The molecule has 0 fully saturated rings. The molecule has 0 spiro atoms. The van der Waals surface area contributed by atoms with Crippen LogP contribution in [-0.4, -0.2) is 12.6 Å². The van der Waals surface area contributed by atoms with Crippen molar-refractivity contribution in [3.05, 3.63) is 28.3 Å². The molecule has 1 aliphatic rings. The molecule has 0 radical (unpaired) electrons. The highest BCUT2D eigenvalue weighted by atomic mass is 35.5. The van der Waals surface area contributed by atoms with Gasteiger partial charge < -0.3 is 10.5 Å². The van der Waals surface area contributed by atoms with Crippen molar-refractivity contribution in [3.8, 4) is 5.75 Å². The molecule has 1 aliphatic heterocycles. The van der Waals surface area contributed by atoms with Crippen molar-refractivity contribution in [2.75, 3.05) is 6.61 Å². The summed E-state index contributed by atoms with van der Waals surface area (Å²) < 4.78 is 5.69. The average molecular weight is 226 g/mol. The van der Waals surface area contributed by atoms with Gasteiger partial charge in [-0.15, -0.1) is 0 Å². The number of rotatable bonds is 1. The summed E-state index contributed by atoms with van der Waals surface area (Å²) in [6, 6.07) is 4.17. The first-order chi connectivity index (χ1) is 7.08. The summed E-state index contributed by atoms with van der Waals surface area (Å²) in [5, 5.41) is 0.808. The quantitative estimate of drug-likeness (QED) is 0.797. The van der Waals surface area contributed by atoms with Gasteiger partial charge in [0.1, 0.15) is 5.75 Å².